The Balaban J connectivity index is 3.16. The van der Waals surface area contributed by atoms with E-state index in [9.17, 15) is 17.6 Å². The van der Waals surface area contributed by atoms with Gasteiger partial charge in [0.1, 0.15) is 6.17 Å². The molecule has 78 valence electrons. The first-order valence-electron chi connectivity index (χ1n) is 3.88. The van der Waals surface area contributed by atoms with Crippen molar-refractivity contribution < 1.29 is 22.7 Å². The molecular weight excluding hydrogens is 200 g/mol. The summed E-state index contributed by atoms with van der Waals surface area (Å²) in [7, 11) is 0. The Morgan fingerprint density at radius 3 is 2.29 bits per heavy atom. The van der Waals surface area contributed by atoms with Gasteiger partial charge in [0.15, 0.2) is 0 Å². The summed E-state index contributed by atoms with van der Waals surface area (Å²) in [4.78, 5) is 0. The standard InChI is InChI=1S/C9H8F4O/c10-8(5-14)6-3-1-2-4-7(6)9(11,12)13/h1-4,8,14H,5H2. The van der Waals surface area contributed by atoms with E-state index < -0.39 is 30.1 Å². The zero-order valence-electron chi connectivity index (χ0n) is 7.05. The van der Waals surface area contributed by atoms with Crippen LogP contribution in [0.15, 0.2) is 24.3 Å². The molecule has 0 amide bonds. The molecule has 1 atom stereocenters. The maximum absolute atomic E-state index is 12.9. The summed E-state index contributed by atoms with van der Waals surface area (Å²) >= 11 is 0. The average molecular weight is 208 g/mol. The summed E-state index contributed by atoms with van der Waals surface area (Å²) in [5.41, 5.74) is -1.57. The average Bonchev–Trinajstić information content (AvgIpc) is 2.15. The zero-order chi connectivity index (χ0) is 10.8. The van der Waals surface area contributed by atoms with E-state index in [1.165, 1.54) is 12.1 Å². The summed E-state index contributed by atoms with van der Waals surface area (Å²) in [6.45, 7) is -0.951. The Morgan fingerprint density at radius 1 is 1.21 bits per heavy atom. The molecule has 0 saturated heterocycles. The number of hydrogen-bond donors (Lipinski definition) is 1. The Kier molecular flexibility index (Phi) is 3.10. The normalized spacial score (nSPS) is 14.1. The molecule has 1 N–H and O–H groups in total. The number of aliphatic hydroxyl groups excluding tert-OH is 1. The summed E-state index contributed by atoms with van der Waals surface area (Å²) in [5, 5.41) is 8.44. The maximum Gasteiger partial charge on any atom is 0.416 e. The van der Waals surface area contributed by atoms with E-state index in [1.54, 1.807) is 0 Å². The van der Waals surface area contributed by atoms with Crippen LogP contribution in [0.4, 0.5) is 17.6 Å². The third-order valence-corrected chi connectivity index (χ3v) is 1.76. The van der Waals surface area contributed by atoms with E-state index in [2.05, 4.69) is 0 Å². The van der Waals surface area contributed by atoms with Crippen molar-refractivity contribution >= 4 is 0 Å². The van der Waals surface area contributed by atoms with E-state index >= 15 is 0 Å². The number of halogens is 4. The molecular formula is C9H8F4O. The highest BCUT2D eigenvalue weighted by Crippen LogP contribution is 2.35. The fraction of sp³-hybridized carbons (Fsp3) is 0.333. The predicted octanol–water partition coefficient (Wildman–Crippen LogP) is 2.71. The van der Waals surface area contributed by atoms with Crippen LogP contribution in [0.5, 0.6) is 0 Å². The third kappa shape index (κ3) is 2.23. The van der Waals surface area contributed by atoms with Crippen LogP contribution in [0.3, 0.4) is 0 Å². The van der Waals surface area contributed by atoms with Crippen molar-refractivity contribution in [2.75, 3.05) is 6.61 Å². The lowest BCUT2D eigenvalue weighted by molar-refractivity contribution is -0.138. The van der Waals surface area contributed by atoms with E-state index in [0.29, 0.717) is 0 Å². The lowest BCUT2D eigenvalue weighted by Gasteiger charge is -2.13. The molecule has 5 heteroatoms. The number of hydrogen-bond acceptors (Lipinski definition) is 1. The molecule has 0 aliphatic heterocycles. The molecule has 0 aromatic heterocycles. The lowest BCUT2D eigenvalue weighted by atomic mass is 10.0. The van der Waals surface area contributed by atoms with Crippen molar-refractivity contribution in [3.05, 3.63) is 35.4 Å². The number of benzene rings is 1. The van der Waals surface area contributed by atoms with Gasteiger partial charge in [-0.15, -0.1) is 0 Å². The molecule has 0 saturated carbocycles. The molecule has 1 aromatic carbocycles. The topological polar surface area (TPSA) is 20.2 Å². The first kappa shape index (κ1) is 11.0. The van der Waals surface area contributed by atoms with Crippen LogP contribution in [-0.4, -0.2) is 11.7 Å². The molecule has 14 heavy (non-hydrogen) atoms. The van der Waals surface area contributed by atoms with Crippen LogP contribution in [0.25, 0.3) is 0 Å². The van der Waals surface area contributed by atoms with E-state index in [-0.39, 0.29) is 0 Å². The van der Waals surface area contributed by atoms with Gasteiger partial charge in [0.05, 0.1) is 12.2 Å². The predicted molar refractivity (Wildman–Crippen MR) is 42.4 cm³/mol. The number of rotatable bonds is 2. The highest BCUT2D eigenvalue weighted by atomic mass is 19.4. The van der Waals surface area contributed by atoms with Gasteiger partial charge in [0.25, 0.3) is 0 Å². The van der Waals surface area contributed by atoms with Crippen LogP contribution >= 0.6 is 0 Å². The highest BCUT2D eigenvalue weighted by Gasteiger charge is 2.34. The molecule has 0 bridgehead atoms. The van der Waals surface area contributed by atoms with E-state index in [0.717, 1.165) is 12.1 Å². The van der Waals surface area contributed by atoms with E-state index in [1.807, 2.05) is 0 Å². The minimum Gasteiger partial charge on any atom is -0.393 e. The molecule has 0 heterocycles. The van der Waals surface area contributed by atoms with Crippen molar-refractivity contribution in [3.63, 3.8) is 0 Å². The SMILES string of the molecule is OCC(F)c1ccccc1C(F)(F)F. The van der Waals surface area contributed by atoms with Gasteiger partial charge in [-0.2, -0.15) is 13.2 Å². The van der Waals surface area contributed by atoms with Gasteiger partial charge in [0.2, 0.25) is 0 Å². The molecule has 1 rings (SSSR count). The van der Waals surface area contributed by atoms with Gasteiger partial charge >= 0.3 is 6.18 Å². The monoisotopic (exact) mass is 208 g/mol. The van der Waals surface area contributed by atoms with Gasteiger partial charge in [-0.3, -0.25) is 0 Å². The smallest absolute Gasteiger partial charge is 0.393 e. The van der Waals surface area contributed by atoms with Gasteiger partial charge in [-0.05, 0) is 6.07 Å². The molecule has 1 unspecified atom stereocenters. The van der Waals surface area contributed by atoms with Crippen LogP contribution < -0.4 is 0 Å². The summed E-state index contributed by atoms with van der Waals surface area (Å²) in [6, 6.07) is 4.28. The minimum absolute atomic E-state index is 0.525. The Morgan fingerprint density at radius 2 is 1.79 bits per heavy atom. The quantitative estimate of drug-likeness (QED) is 0.741. The molecule has 1 nitrogen and oxygen atoms in total. The first-order chi connectivity index (χ1) is 6.46. The van der Waals surface area contributed by atoms with Gasteiger partial charge < -0.3 is 5.11 Å². The molecule has 0 spiro atoms. The molecule has 0 aliphatic carbocycles. The fourth-order valence-corrected chi connectivity index (χ4v) is 1.13. The van der Waals surface area contributed by atoms with Crippen molar-refractivity contribution in [2.45, 2.75) is 12.3 Å². The molecule has 0 fully saturated rings. The van der Waals surface area contributed by atoms with Crippen molar-refractivity contribution in [3.8, 4) is 0 Å². The Hall–Kier alpha value is -1.10. The van der Waals surface area contributed by atoms with Crippen LogP contribution in [0.2, 0.25) is 0 Å². The Labute approximate surface area is 78.0 Å². The van der Waals surface area contributed by atoms with Crippen LogP contribution in [0, 0.1) is 0 Å². The fourth-order valence-electron chi connectivity index (χ4n) is 1.13. The second-order valence-electron chi connectivity index (χ2n) is 2.74. The minimum atomic E-state index is -4.59. The Bertz CT molecular complexity index is 308. The van der Waals surface area contributed by atoms with E-state index in [4.69, 9.17) is 5.11 Å². The van der Waals surface area contributed by atoms with Crippen LogP contribution in [0.1, 0.15) is 17.3 Å². The first-order valence-corrected chi connectivity index (χ1v) is 3.88. The second-order valence-corrected chi connectivity index (χ2v) is 2.74. The second kappa shape index (κ2) is 3.96. The summed E-state index contributed by atoms with van der Waals surface area (Å²) in [5.74, 6) is 0. The van der Waals surface area contributed by atoms with Gasteiger partial charge in [-0.1, -0.05) is 18.2 Å². The van der Waals surface area contributed by atoms with Crippen molar-refractivity contribution in [2.24, 2.45) is 0 Å². The van der Waals surface area contributed by atoms with Crippen molar-refractivity contribution in [1.82, 2.24) is 0 Å². The van der Waals surface area contributed by atoms with Crippen molar-refractivity contribution in [1.29, 1.82) is 0 Å². The van der Waals surface area contributed by atoms with Gasteiger partial charge in [-0.25, -0.2) is 4.39 Å². The third-order valence-electron chi connectivity index (χ3n) is 1.76. The van der Waals surface area contributed by atoms with Crippen LogP contribution in [-0.2, 0) is 6.18 Å². The molecule has 0 aliphatic rings. The molecule has 0 radical (unpaired) electrons. The number of aliphatic hydroxyl groups is 1. The molecule has 1 aromatic rings. The summed E-state index contributed by atoms with van der Waals surface area (Å²) < 4.78 is 49.8. The summed E-state index contributed by atoms with van der Waals surface area (Å²) in [6.07, 6.45) is -6.58. The zero-order valence-corrected chi connectivity index (χ0v) is 7.05. The lowest BCUT2D eigenvalue weighted by Crippen LogP contribution is -2.11. The maximum atomic E-state index is 12.9. The highest BCUT2D eigenvalue weighted by molar-refractivity contribution is 5.31. The largest absolute Gasteiger partial charge is 0.416 e. The van der Waals surface area contributed by atoms with Gasteiger partial charge in [0, 0.05) is 5.56 Å². The number of alkyl halides is 4.